The van der Waals surface area contributed by atoms with Gasteiger partial charge in [-0.05, 0) is 12.8 Å². The number of aliphatic hydroxyl groups excluding tert-OH is 1. The van der Waals surface area contributed by atoms with Crippen molar-refractivity contribution >= 4 is 11.8 Å². The molecule has 0 radical (unpaired) electrons. The van der Waals surface area contributed by atoms with Crippen LogP contribution in [0.15, 0.2) is 0 Å². The quantitative estimate of drug-likeness (QED) is 0.491. The lowest BCUT2D eigenvalue weighted by Crippen LogP contribution is -2.28. The van der Waals surface area contributed by atoms with Gasteiger partial charge >= 0.3 is 0 Å². The maximum Gasteiger partial charge on any atom is 0.232 e. The molecule has 0 bridgehead atoms. The van der Waals surface area contributed by atoms with E-state index >= 15 is 0 Å². The first kappa shape index (κ1) is 7.73. The lowest BCUT2D eigenvalue weighted by atomic mass is 10.00. The van der Waals surface area contributed by atoms with Crippen LogP contribution < -0.4 is 0 Å². The molecular formula is C8H11NO3. The molecule has 2 rings (SSSR count). The van der Waals surface area contributed by atoms with Crippen LogP contribution in [0.4, 0.5) is 0 Å². The van der Waals surface area contributed by atoms with Gasteiger partial charge in [0, 0.05) is 7.05 Å². The normalized spacial score (nSPS) is 40.8. The molecule has 0 aromatic rings. The molecule has 2 aliphatic rings. The first-order chi connectivity index (χ1) is 5.61. The molecule has 12 heavy (non-hydrogen) atoms. The third-order valence-electron chi connectivity index (χ3n) is 2.83. The zero-order valence-corrected chi connectivity index (χ0v) is 6.86. The van der Waals surface area contributed by atoms with Crippen LogP contribution in [-0.4, -0.2) is 35.0 Å². The summed E-state index contributed by atoms with van der Waals surface area (Å²) in [6, 6.07) is 0. The second kappa shape index (κ2) is 2.29. The Bertz CT molecular complexity index is 227. The number of likely N-dealkylation sites (tertiary alicyclic amines) is 1. The zero-order chi connectivity index (χ0) is 8.88. The number of nitrogens with zero attached hydrogens (tertiary/aromatic N) is 1. The molecule has 0 aromatic carbocycles. The largest absolute Gasteiger partial charge is 0.393 e. The number of rotatable bonds is 0. The van der Waals surface area contributed by atoms with Crippen LogP contribution in [0, 0.1) is 11.8 Å². The fourth-order valence-electron chi connectivity index (χ4n) is 2.16. The number of fused-ring (bicyclic) bond motifs is 1. The lowest BCUT2D eigenvalue weighted by Gasteiger charge is -2.09. The van der Waals surface area contributed by atoms with E-state index in [-0.39, 0.29) is 23.7 Å². The molecule has 1 heterocycles. The highest BCUT2D eigenvalue weighted by atomic mass is 16.3. The second-order valence-electron chi connectivity index (χ2n) is 3.57. The van der Waals surface area contributed by atoms with Crippen LogP contribution in [0.3, 0.4) is 0 Å². The average molecular weight is 169 g/mol. The number of imide groups is 1. The summed E-state index contributed by atoms with van der Waals surface area (Å²) in [5.41, 5.74) is 0. The molecule has 4 heteroatoms. The molecule has 2 atom stereocenters. The maximum atomic E-state index is 11.3. The Balaban J connectivity index is 2.27. The Kier molecular flexibility index (Phi) is 1.48. The summed E-state index contributed by atoms with van der Waals surface area (Å²) in [6.07, 6.45) is 0.459. The van der Waals surface area contributed by atoms with Crippen molar-refractivity contribution in [3.05, 3.63) is 0 Å². The zero-order valence-electron chi connectivity index (χ0n) is 6.86. The van der Waals surface area contributed by atoms with Gasteiger partial charge in [0.05, 0.1) is 17.9 Å². The molecule has 1 aliphatic heterocycles. The third-order valence-corrected chi connectivity index (χ3v) is 2.83. The standard InChI is InChI=1S/C8H11NO3/c1-9-7(11)5-2-4(10)3-6(5)8(9)12/h4-6,10H,2-3H2,1H3. The van der Waals surface area contributed by atoms with Gasteiger partial charge in [0.1, 0.15) is 0 Å². The van der Waals surface area contributed by atoms with Gasteiger partial charge in [-0.2, -0.15) is 0 Å². The Hall–Kier alpha value is -0.900. The molecule has 0 spiro atoms. The van der Waals surface area contributed by atoms with Gasteiger partial charge in [0.25, 0.3) is 0 Å². The second-order valence-corrected chi connectivity index (χ2v) is 3.57. The minimum absolute atomic E-state index is 0.124. The first-order valence-electron chi connectivity index (χ1n) is 4.10. The number of hydrogen-bond acceptors (Lipinski definition) is 3. The van der Waals surface area contributed by atoms with Crippen molar-refractivity contribution < 1.29 is 14.7 Å². The fraction of sp³-hybridized carbons (Fsp3) is 0.750. The molecule has 2 unspecified atom stereocenters. The SMILES string of the molecule is CN1C(=O)C2CC(O)CC2C1=O. The van der Waals surface area contributed by atoms with Crippen LogP contribution >= 0.6 is 0 Å². The summed E-state index contributed by atoms with van der Waals surface area (Å²) in [4.78, 5) is 23.9. The molecule has 2 amide bonds. The summed E-state index contributed by atoms with van der Waals surface area (Å²) in [5.74, 6) is -0.724. The van der Waals surface area contributed by atoms with E-state index in [2.05, 4.69) is 0 Å². The smallest absolute Gasteiger partial charge is 0.232 e. The van der Waals surface area contributed by atoms with E-state index in [0.29, 0.717) is 12.8 Å². The number of carbonyl (C=O) groups excluding carboxylic acids is 2. The average Bonchev–Trinajstić information content (AvgIpc) is 2.49. The van der Waals surface area contributed by atoms with Crippen molar-refractivity contribution in [1.29, 1.82) is 0 Å². The van der Waals surface area contributed by atoms with E-state index in [4.69, 9.17) is 0 Å². The number of amides is 2. The lowest BCUT2D eigenvalue weighted by molar-refractivity contribution is -0.139. The van der Waals surface area contributed by atoms with Gasteiger partial charge in [0.15, 0.2) is 0 Å². The maximum absolute atomic E-state index is 11.3. The summed E-state index contributed by atoms with van der Waals surface area (Å²) >= 11 is 0. The van der Waals surface area contributed by atoms with E-state index in [1.165, 1.54) is 11.9 Å². The van der Waals surface area contributed by atoms with Crippen molar-refractivity contribution in [2.75, 3.05) is 7.05 Å². The van der Waals surface area contributed by atoms with Crippen LogP contribution in [0.25, 0.3) is 0 Å². The molecular weight excluding hydrogens is 158 g/mol. The monoisotopic (exact) mass is 169 g/mol. The van der Waals surface area contributed by atoms with Crippen LogP contribution in [0.2, 0.25) is 0 Å². The minimum Gasteiger partial charge on any atom is -0.393 e. The highest BCUT2D eigenvalue weighted by Gasteiger charge is 2.50. The van der Waals surface area contributed by atoms with Gasteiger partial charge in [-0.15, -0.1) is 0 Å². The molecule has 2 fully saturated rings. The Morgan fingerprint density at radius 1 is 1.25 bits per heavy atom. The fourth-order valence-corrected chi connectivity index (χ4v) is 2.16. The third kappa shape index (κ3) is 0.813. The van der Waals surface area contributed by atoms with Crippen molar-refractivity contribution in [2.45, 2.75) is 18.9 Å². The predicted molar refractivity (Wildman–Crippen MR) is 40.0 cm³/mol. The van der Waals surface area contributed by atoms with E-state index in [1.807, 2.05) is 0 Å². The topological polar surface area (TPSA) is 57.6 Å². The Labute approximate surface area is 70.2 Å². The highest BCUT2D eigenvalue weighted by molar-refractivity contribution is 6.05. The van der Waals surface area contributed by atoms with Crippen molar-refractivity contribution in [3.63, 3.8) is 0 Å². The van der Waals surface area contributed by atoms with Gasteiger partial charge in [0.2, 0.25) is 11.8 Å². The van der Waals surface area contributed by atoms with Gasteiger partial charge in [-0.1, -0.05) is 0 Å². The minimum atomic E-state index is -0.457. The predicted octanol–water partition coefficient (Wildman–Crippen LogP) is -0.628. The Morgan fingerprint density at radius 3 is 2.08 bits per heavy atom. The summed E-state index contributed by atoms with van der Waals surface area (Å²) < 4.78 is 0. The number of hydrogen-bond donors (Lipinski definition) is 1. The summed E-state index contributed by atoms with van der Waals surface area (Å²) in [7, 11) is 1.51. The number of aliphatic hydroxyl groups is 1. The molecule has 1 saturated carbocycles. The Morgan fingerprint density at radius 2 is 1.67 bits per heavy atom. The molecule has 1 aliphatic carbocycles. The molecule has 4 nitrogen and oxygen atoms in total. The van der Waals surface area contributed by atoms with Crippen molar-refractivity contribution in [2.24, 2.45) is 11.8 Å². The van der Waals surface area contributed by atoms with Crippen LogP contribution in [-0.2, 0) is 9.59 Å². The number of carbonyl (C=O) groups is 2. The molecule has 66 valence electrons. The van der Waals surface area contributed by atoms with E-state index in [1.54, 1.807) is 0 Å². The van der Waals surface area contributed by atoms with Gasteiger partial charge < -0.3 is 5.11 Å². The molecule has 1 saturated heterocycles. The highest BCUT2D eigenvalue weighted by Crippen LogP contribution is 2.39. The van der Waals surface area contributed by atoms with E-state index in [0.717, 1.165) is 0 Å². The summed E-state index contributed by atoms with van der Waals surface area (Å²) in [5, 5.41) is 9.23. The van der Waals surface area contributed by atoms with Crippen molar-refractivity contribution in [3.8, 4) is 0 Å². The van der Waals surface area contributed by atoms with Gasteiger partial charge in [-0.25, -0.2) is 0 Å². The van der Waals surface area contributed by atoms with Crippen LogP contribution in [0.1, 0.15) is 12.8 Å². The van der Waals surface area contributed by atoms with Gasteiger partial charge in [-0.3, -0.25) is 14.5 Å². The van der Waals surface area contributed by atoms with E-state index in [9.17, 15) is 14.7 Å². The van der Waals surface area contributed by atoms with Crippen molar-refractivity contribution in [1.82, 2.24) is 4.90 Å². The molecule has 0 aromatic heterocycles. The summed E-state index contributed by atoms with van der Waals surface area (Å²) in [6.45, 7) is 0. The van der Waals surface area contributed by atoms with E-state index < -0.39 is 6.10 Å². The molecule has 1 N–H and O–H groups in total. The first-order valence-corrected chi connectivity index (χ1v) is 4.10. The van der Waals surface area contributed by atoms with Crippen LogP contribution in [0.5, 0.6) is 0 Å².